The van der Waals surface area contributed by atoms with Crippen LogP contribution in [0.15, 0.2) is 42.6 Å². The minimum atomic E-state index is -0.912. The van der Waals surface area contributed by atoms with Gasteiger partial charge in [0.05, 0.1) is 5.56 Å². The first kappa shape index (κ1) is 10.4. The van der Waals surface area contributed by atoms with Crippen LogP contribution in [-0.4, -0.2) is 16.1 Å². The van der Waals surface area contributed by atoms with E-state index in [4.69, 9.17) is 5.11 Å². The highest BCUT2D eigenvalue weighted by Crippen LogP contribution is 2.23. The number of aromatic nitrogens is 1. The lowest BCUT2D eigenvalue weighted by Gasteiger charge is -2.06. The van der Waals surface area contributed by atoms with Crippen molar-refractivity contribution in [3.8, 4) is 11.1 Å². The molecule has 0 amide bonds. The number of carboxylic acid groups (broad SMARTS) is 1. The molecule has 0 aliphatic carbocycles. The Morgan fingerprint density at radius 3 is 2.69 bits per heavy atom. The lowest BCUT2D eigenvalue weighted by atomic mass is 10.0. The van der Waals surface area contributed by atoms with Gasteiger partial charge in [-0.2, -0.15) is 0 Å². The van der Waals surface area contributed by atoms with Crippen molar-refractivity contribution in [2.45, 2.75) is 6.92 Å². The standard InChI is InChI=1S/C13H11NO2/c1-9-8-10(6-7-14-9)11-4-2-3-5-12(11)13(15)16/h2-8H,1H3,(H,15,16). The molecular formula is C13H11NO2. The summed E-state index contributed by atoms with van der Waals surface area (Å²) in [5.41, 5.74) is 2.79. The zero-order valence-corrected chi connectivity index (χ0v) is 8.84. The van der Waals surface area contributed by atoms with Gasteiger partial charge < -0.3 is 5.11 Å². The smallest absolute Gasteiger partial charge is 0.336 e. The molecule has 1 heterocycles. The molecule has 0 saturated heterocycles. The van der Waals surface area contributed by atoms with Crippen molar-refractivity contribution in [2.24, 2.45) is 0 Å². The predicted octanol–water partition coefficient (Wildman–Crippen LogP) is 2.76. The average Bonchev–Trinajstić information content (AvgIpc) is 2.29. The number of carbonyl (C=O) groups is 1. The summed E-state index contributed by atoms with van der Waals surface area (Å²) in [6.45, 7) is 1.88. The van der Waals surface area contributed by atoms with E-state index < -0.39 is 5.97 Å². The third kappa shape index (κ3) is 1.93. The molecule has 2 rings (SSSR count). The van der Waals surface area contributed by atoms with Crippen LogP contribution >= 0.6 is 0 Å². The number of hydrogen-bond acceptors (Lipinski definition) is 2. The van der Waals surface area contributed by atoms with Gasteiger partial charge in [0.25, 0.3) is 0 Å². The monoisotopic (exact) mass is 213 g/mol. The van der Waals surface area contributed by atoms with Gasteiger partial charge in [0.15, 0.2) is 0 Å². The molecule has 0 aliphatic rings. The van der Waals surface area contributed by atoms with E-state index in [0.717, 1.165) is 16.8 Å². The number of nitrogens with zero attached hydrogens (tertiary/aromatic N) is 1. The lowest BCUT2D eigenvalue weighted by Crippen LogP contribution is -1.99. The molecule has 1 aromatic heterocycles. The van der Waals surface area contributed by atoms with E-state index in [0.29, 0.717) is 5.56 Å². The molecule has 0 bridgehead atoms. The molecule has 3 nitrogen and oxygen atoms in total. The van der Waals surface area contributed by atoms with E-state index >= 15 is 0 Å². The van der Waals surface area contributed by atoms with Gasteiger partial charge in [-0.1, -0.05) is 18.2 Å². The Kier molecular flexibility index (Phi) is 2.68. The molecule has 0 unspecified atom stereocenters. The van der Waals surface area contributed by atoms with Crippen LogP contribution < -0.4 is 0 Å². The van der Waals surface area contributed by atoms with Crippen molar-refractivity contribution in [3.05, 3.63) is 53.9 Å². The summed E-state index contributed by atoms with van der Waals surface area (Å²) in [6.07, 6.45) is 1.68. The van der Waals surface area contributed by atoms with Gasteiger partial charge in [-0.15, -0.1) is 0 Å². The van der Waals surface area contributed by atoms with E-state index in [9.17, 15) is 4.79 Å². The van der Waals surface area contributed by atoms with Gasteiger partial charge in [0.2, 0.25) is 0 Å². The second kappa shape index (κ2) is 4.14. The molecule has 1 N–H and O–H groups in total. The highest BCUT2D eigenvalue weighted by atomic mass is 16.4. The normalized spacial score (nSPS) is 10.1. The maximum Gasteiger partial charge on any atom is 0.336 e. The Morgan fingerprint density at radius 2 is 2.00 bits per heavy atom. The summed E-state index contributed by atoms with van der Waals surface area (Å²) < 4.78 is 0. The van der Waals surface area contributed by atoms with Gasteiger partial charge in [-0.05, 0) is 36.2 Å². The van der Waals surface area contributed by atoms with Crippen molar-refractivity contribution in [3.63, 3.8) is 0 Å². The van der Waals surface area contributed by atoms with Crippen LogP contribution in [0.2, 0.25) is 0 Å². The topological polar surface area (TPSA) is 50.2 Å². The fourth-order valence-corrected chi connectivity index (χ4v) is 1.63. The number of rotatable bonds is 2. The van der Waals surface area contributed by atoms with Crippen LogP contribution in [0.3, 0.4) is 0 Å². The molecule has 0 radical (unpaired) electrons. The molecular weight excluding hydrogens is 202 g/mol. The second-order valence-corrected chi connectivity index (χ2v) is 3.54. The fourth-order valence-electron chi connectivity index (χ4n) is 1.63. The SMILES string of the molecule is Cc1cc(-c2ccccc2C(=O)O)ccn1. The number of pyridine rings is 1. The molecule has 0 fully saturated rings. The Hall–Kier alpha value is -2.16. The highest BCUT2D eigenvalue weighted by molar-refractivity contribution is 5.95. The lowest BCUT2D eigenvalue weighted by molar-refractivity contribution is 0.0697. The first-order valence-corrected chi connectivity index (χ1v) is 4.94. The zero-order valence-electron chi connectivity index (χ0n) is 8.84. The summed E-state index contributed by atoms with van der Waals surface area (Å²) in [6, 6.07) is 10.7. The Balaban J connectivity index is 2.60. The largest absolute Gasteiger partial charge is 0.478 e. The van der Waals surface area contributed by atoms with Crippen molar-refractivity contribution in [2.75, 3.05) is 0 Å². The summed E-state index contributed by atoms with van der Waals surface area (Å²) in [4.78, 5) is 15.2. The second-order valence-electron chi connectivity index (χ2n) is 3.54. The Morgan fingerprint density at radius 1 is 1.25 bits per heavy atom. The average molecular weight is 213 g/mol. The first-order valence-electron chi connectivity index (χ1n) is 4.94. The van der Waals surface area contributed by atoms with E-state index in [2.05, 4.69) is 4.98 Å². The van der Waals surface area contributed by atoms with Gasteiger partial charge in [-0.25, -0.2) is 4.79 Å². The molecule has 1 aromatic carbocycles. The van der Waals surface area contributed by atoms with Gasteiger partial charge >= 0.3 is 5.97 Å². The fraction of sp³-hybridized carbons (Fsp3) is 0.0769. The van der Waals surface area contributed by atoms with Crippen LogP contribution in [-0.2, 0) is 0 Å². The molecule has 16 heavy (non-hydrogen) atoms. The Bertz CT molecular complexity index is 535. The van der Waals surface area contributed by atoms with Crippen LogP contribution in [0.25, 0.3) is 11.1 Å². The predicted molar refractivity (Wildman–Crippen MR) is 61.4 cm³/mol. The number of benzene rings is 1. The van der Waals surface area contributed by atoms with E-state index in [1.807, 2.05) is 25.1 Å². The maximum atomic E-state index is 11.1. The summed E-state index contributed by atoms with van der Waals surface area (Å²) in [7, 11) is 0. The van der Waals surface area contributed by atoms with Crippen LogP contribution in [0.5, 0.6) is 0 Å². The number of carboxylic acids is 1. The van der Waals surface area contributed by atoms with Crippen molar-refractivity contribution in [1.29, 1.82) is 0 Å². The number of hydrogen-bond donors (Lipinski definition) is 1. The maximum absolute atomic E-state index is 11.1. The van der Waals surface area contributed by atoms with Crippen molar-refractivity contribution in [1.82, 2.24) is 4.98 Å². The summed E-state index contributed by atoms with van der Waals surface area (Å²) >= 11 is 0. The van der Waals surface area contributed by atoms with Gasteiger partial charge in [-0.3, -0.25) is 4.98 Å². The quantitative estimate of drug-likeness (QED) is 0.834. The molecule has 80 valence electrons. The van der Waals surface area contributed by atoms with Crippen LogP contribution in [0.1, 0.15) is 16.1 Å². The first-order chi connectivity index (χ1) is 7.68. The third-order valence-corrected chi connectivity index (χ3v) is 2.37. The van der Waals surface area contributed by atoms with Gasteiger partial charge in [0, 0.05) is 11.9 Å². The molecule has 2 aromatic rings. The van der Waals surface area contributed by atoms with Crippen LogP contribution in [0, 0.1) is 6.92 Å². The summed E-state index contributed by atoms with van der Waals surface area (Å²) in [5.74, 6) is -0.912. The third-order valence-electron chi connectivity index (χ3n) is 2.37. The van der Waals surface area contributed by atoms with Crippen molar-refractivity contribution >= 4 is 5.97 Å². The van der Waals surface area contributed by atoms with Crippen LogP contribution in [0.4, 0.5) is 0 Å². The van der Waals surface area contributed by atoms with E-state index in [1.165, 1.54) is 0 Å². The number of aryl methyl sites for hydroxylation is 1. The Labute approximate surface area is 93.4 Å². The number of aromatic carboxylic acids is 1. The van der Waals surface area contributed by atoms with E-state index in [1.54, 1.807) is 24.4 Å². The van der Waals surface area contributed by atoms with Crippen molar-refractivity contribution < 1.29 is 9.90 Å². The molecule has 0 atom stereocenters. The summed E-state index contributed by atoms with van der Waals surface area (Å²) in [5, 5.41) is 9.08. The minimum absolute atomic E-state index is 0.313. The van der Waals surface area contributed by atoms with E-state index in [-0.39, 0.29) is 0 Å². The molecule has 0 aliphatic heterocycles. The highest BCUT2D eigenvalue weighted by Gasteiger charge is 2.10. The molecule has 3 heteroatoms. The molecule has 0 saturated carbocycles. The zero-order chi connectivity index (χ0) is 11.5. The molecule has 0 spiro atoms. The minimum Gasteiger partial charge on any atom is -0.478 e. The van der Waals surface area contributed by atoms with Gasteiger partial charge in [0.1, 0.15) is 0 Å².